The molecule has 136 valence electrons. The van der Waals surface area contributed by atoms with Gasteiger partial charge in [-0.2, -0.15) is 0 Å². The number of nitrogens with one attached hydrogen (secondary N) is 2. The second kappa shape index (κ2) is 9.12. The summed E-state index contributed by atoms with van der Waals surface area (Å²) in [5, 5.41) is 14.6. The van der Waals surface area contributed by atoms with Crippen LogP contribution in [-0.2, 0) is 13.0 Å². The molecule has 2 atom stereocenters. The zero-order valence-electron chi connectivity index (χ0n) is 14.4. The van der Waals surface area contributed by atoms with Crippen LogP contribution in [0.5, 0.6) is 0 Å². The minimum absolute atomic E-state index is 0. The van der Waals surface area contributed by atoms with Gasteiger partial charge in [-0.05, 0) is 18.1 Å². The zero-order chi connectivity index (χ0) is 16.9. The number of rotatable bonds is 6. The number of benzene rings is 1. The number of aliphatic imine (C=N–C) groups is 1. The van der Waals surface area contributed by atoms with Crippen LogP contribution in [0.15, 0.2) is 35.6 Å². The van der Waals surface area contributed by atoms with Gasteiger partial charge in [0.05, 0.1) is 0 Å². The Bertz CT molecular complexity index is 717. The molecule has 1 aliphatic carbocycles. The van der Waals surface area contributed by atoms with Gasteiger partial charge in [0.2, 0.25) is 0 Å². The molecule has 2 N–H and O–H groups in total. The molecule has 0 amide bonds. The van der Waals surface area contributed by atoms with Crippen LogP contribution in [0, 0.1) is 5.82 Å². The smallest absolute Gasteiger partial charge is 0.191 e. The van der Waals surface area contributed by atoms with Crippen LogP contribution in [0.3, 0.4) is 0 Å². The van der Waals surface area contributed by atoms with Gasteiger partial charge in [0.1, 0.15) is 18.0 Å². The van der Waals surface area contributed by atoms with E-state index in [0.29, 0.717) is 0 Å². The molecular weight excluding hydrogens is 434 g/mol. The normalized spacial score (nSPS) is 19.2. The second-order valence-corrected chi connectivity index (χ2v) is 5.91. The van der Waals surface area contributed by atoms with Gasteiger partial charge in [-0.1, -0.05) is 25.1 Å². The number of hydrogen-bond donors (Lipinski definition) is 2. The van der Waals surface area contributed by atoms with Crippen molar-refractivity contribution in [2.45, 2.75) is 38.3 Å². The van der Waals surface area contributed by atoms with Crippen LogP contribution in [0.2, 0.25) is 0 Å². The van der Waals surface area contributed by atoms with E-state index in [9.17, 15) is 4.39 Å². The Morgan fingerprint density at radius 3 is 2.92 bits per heavy atom. The Morgan fingerprint density at radius 2 is 2.20 bits per heavy atom. The highest BCUT2D eigenvalue weighted by Gasteiger charge is 2.40. The number of halogens is 2. The summed E-state index contributed by atoms with van der Waals surface area (Å²) in [5.41, 5.74) is 0.780. The van der Waals surface area contributed by atoms with E-state index in [4.69, 9.17) is 0 Å². The zero-order valence-corrected chi connectivity index (χ0v) is 16.8. The number of aryl methyl sites for hydroxylation is 1. The Morgan fingerprint density at radius 1 is 1.40 bits per heavy atom. The van der Waals surface area contributed by atoms with Crippen molar-refractivity contribution in [2.75, 3.05) is 13.6 Å². The summed E-state index contributed by atoms with van der Waals surface area (Å²) >= 11 is 0. The van der Waals surface area contributed by atoms with Crippen molar-refractivity contribution < 1.29 is 4.39 Å². The van der Waals surface area contributed by atoms with Crippen molar-refractivity contribution in [3.8, 4) is 0 Å². The van der Waals surface area contributed by atoms with E-state index in [2.05, 4.69) is 32.7 Å². The van der Waals surface area contributed by atoms with Crippen LogP contribution in [0.25, 0.3) is 0 Å². The third-order valence-electron chi connectivity index (χ3n) is 4.30. The summed E-state index contributed by atoms with van der Waals surface area (Å²) in [5.74, 6) is 1.80. The number of nitrogens with zero attached hydrogens (tertiary/aromatic N) is 4. The third kappa shape index (κ3) is 4.90. The maximum absolute atomic E-state index is 13.8. The standard InChI is InChI=1S/C17H23FN6.HI/c1-3-16-23-21-11-24(16)9-8-20-17(19-2)22-15-10-13(15)12-6-4-5-7-14(12)18;/h4-7,11,13,15H,3,8-10H2,1-2H3,(H2,19,20,22);1H. The van der Waals surface area contributed by atoms with Crippen LogP contribution in [-0.4, -0.2) is 40.4 Å². The first kappa shape index (κ1) is 19.6. The summed E-state index contributed by atoms with van der Waals surface area (Å²) in [6.07, 6.45) is 3.53. The lowest BCUT2D eigenvalue weighted by Crippen LogP contribution is -2.40. The van der Waals surface area contributed by atoms with Gasteiger partial charge in [0.15, 0.2) is 5.96 Å². The maximum atomic E-state index is 13.8. The molecule has 0 radical (unpaired) electrons. The topological polar surface area (TPSA) is 67.1 Å². The van der Waals surface area contributed by atoms with Crippen LogP contribution in [0.4, 0.5) is 4.39 Å². The fourth-order valence-electron chi connectivity index (χ4n) is 2.88. The molecule has 25 heavy (non-hydrogen) atoms. The molecule has 1 aliphatic rings. The lowest BCUT2D eigenvalue weighted by molar-refractivity contribution is 0.606. The Balaban J connectivity index is 0.00000225. The Hall–Kier alpha value is -1.71. The lowest BCUT2D eigenvalue weighted by Gasteiger charge is -2.13. The summed E-state index contributed by atoms with van der Waals surface area (Å²) in [6.45, 7) is 3.56. The summed E-state index contributed by atoms with van der Waals surface area (Å²) in [6, 6.07) is 7.21. The predicted molar refractivity (Wildman–Crippen MR) is 107 cm³/mol. The van der Waals surface area contributed by atoms with E-state index in [1.165, 1.54) is 6.07 Å². The van der Waals surface area contributed by atoms with Gasteiger partial charge in [-0.15, -0.1) is 34.2 Å². The lowest BCUT2D eigenvalue weighted by atomic mass is 10.1. The molecule has 0 bridgehead atoms. The monoisotopic (exact) mass is 458 g/mol. The van der Waals surface area contributed by atoms with Crippen molar-refractivity contribution in [3.63, 3.8) is 0 Å². The molecule has 2 unspecified atom stereocenters. The molecule has 0 spiro atoms. The molecule has 1 heterocycles. The average molecular weight is 458 g/mol. The van der Waals surface area contributed by atoms with Crippen LogP contribution in [0.1, 0.15) is 30.7 Å². The summed E-state index contributed by atoms with van der Waals surface area (Å²) < 4.78 is 15.8. The number of aromatic nitrogens is 3. The Labute approximate surface area is 164 Å². The minimum atomic E-state index is -0.130. The third-order valence-corrected chi connectivity index (χ3v) is 4.30. The molecule has 1 saturated carbocycles. The van der Waals surface area contributed by atoms with Crippen LogP contribution < -0.4 is 10.6 Å². The summed E-state index contributed by atoms with van der Waals surface area (Å²) in [4.78, 5) is 4.24. The highest BCUT2D eigenvalue weighted by molar-refractivity contribution is 14.0. The van der Waals surface area contributed by atoms with Crippen molar-refractivity contribution in [1.82, 2.24) is 25.4 Å². The Kier molecular flexibility index (Phi) is 7.15. The predicted octanol–water partition coefficient (Wildman–Crippen LogP) is 2.32. The molecule has 1 aromatic carbocycles. The largest absolute Gasteiger partial charge is 0.355 e. The maximum Gasteiger partial charge on any atom is 0.191 e. The second-order valence-electron chi connectivity index (χ2n) is 5.91. The number of hydrogen-bond acceptors (Lipinski definition) is 3. The van der Waals surface area contributed by atoms with Crippen molar-refractivity contribution in [2.24, 2.45) is 4.99 Å². The van der Waals surface area contributed by atoms with Gasteiger partial charge in [0.25, 0.3) is 0 Å². The van der Waals surface area contributed by atoms with Gasteiger partial charge in [-0.3, -0.25) is 4.99 Å². The van der Waals surface area contributed by atoms with Gasteiger partial charge >= 0.3 is 0 Å². The fraction of sp³-hybridized carbons (Fsp3) is 0.471. The highest BCUT2D eigenvalue weighted by Crippen LogP contribution is 2.41. The molecule has 2 aromatic rings. The quantitative estimate of drug-likeness (QED) is 0.396. The van der Waals surface area contributed by atoms with Crippen LogP contribution >= 0.6 is 24.0 Å². The van der Waals surface area contributed by atoms with Crippen molar-refractivity contribution in [1.29, 1.82) is 0 Å². The van der Waals surface area contributed by atoms with Crippen molar-refractivity contribution >= 4 is 29.9 Å². The molecule has 0 aliphatic heterocycles. The molecule has 1 aromatic heterocycles. The van der Waals surface area contributed by atoms with E-state index < -0.39 is 0 Å². The van der Waals surface area contributed by atoms with Gasteiger partial charge < -0.3 is 15.2 Å². The van der Waals surface area contributed by atoms with Crippen molar-refractivity contribution in [3.05, 3.63) is 47.8 Å². The van der Waals surface area contributed by atoms with E-state index in [1.807, 2.05) is 16.7 Å². The van der Waals surface area contributed by atoms with E-state index in [0.717, 1.165) is 43.3 Å². The molecule has 6 nitrogen and oxygen atoms in total. The van der Waals surface area contributed by atoms with Gasteiger partial charge in [-0.25, -0.2) is 4.39 Å². The molecule has 3 rings (SSSR count). The summed E-state index contributed by atoms with van der Waals surface area (Å²) in [7, 11) is 1.74. The first-order valence-corrected chi connectivity index (χ1v) is 8.31. The first-order valence-electron chi connectivity index (χ1n) is 8.31. The molecule has 1 fully saturated rings. The number of guanidine groups is 1. The first-order chi connectivity index (χ1) is 11.7. The van der Waals surface area contributed by atoms with E-state index in [1.54, 1.807) is 19.4 Å². The van der Waals surface area contributed by atoms with Gasteiger partial charge in [0, 0.05) is 38.5 Å². The molecule has 0 saturated heterocycles. The average Bonchev–Trinajstić information content (AvgIpc) is 3.20. The highest BCUT2D eigenvalue weighted by atomic mass is 127. The molecule has 8 heteroatoms. The van der Waals surface area contributed by atoms with E-state index >= 15 is 0 Å². The fourth-order valence-corrected chi connectivity index (χ4v) is 2.88. The SMILES string of the molecule is CCc1nncn1CCNC(=NC)NC1CC1c1ccccc1F.I. The molecular formula is C17H24FIN6. The van der Waals surface area contributed by atoms with E-state index in [-0.39, 0.29) is 41.8 Å². The minimum Gasteiger partial charge on any atom is -0.355 e.